The van der Waals surface area contributed by atoms with Crippen LogP contribution in [-0.2, 0) is 18.5 Å². The molecular formula is C23H22FN. The SMILES string of the molecule is CC1(c2cccc(F)c2)c2ccccc2CCN1Cc1ccccc1. The van der Waals surface area contributed by atoms with Gasteiger partial charge in [0.1, 0.15) is 5.82 Å². The lowest BCUT2D eigenvalue weighted by molar-refractivity contribution is 0.117. The Morgan fingerprint density at radius 1 is 0.920 bits per heavy atom. The molecule has 1 unspecified atom stereocenters. The summed E-state index contributed by atoms with van der Waals surface area (Å²) in [5.41, 5.74) is 4.59. The normalized spacial score (nSPS) is 20.2. The highest BCUT2D eigenvalue weighted by atomic mass is 19.1. The maximum atomic E-state index is 14.0. The molecule has 126 valence electrons. The molecule has 0 fully saturated rings. The standard InChI is InChI=1S/C23H22FN/c1-23(20-11-7-12-21(24)16-20)22-13-6-5-10-19(22)14-15-25(23)17-18-8-3-2-4-9-18/h2-13,16H,14-15,17H2,1H3. The van der Waals surface area contributed by atoms with Crippen LogP contribution in [0, 0.1) is 5.82 Å². The van der Waals surface area contributed by atoms with Gasteiger partial charge in [-0.3, -0.25) is 4.90 Å². The molecule has 0 radical (unpaired) electrons. The van der Waals surface area contributed by atoms with Crippen molar-refractivity contribution in [2.24, 2.45) is 0 Å². The second kappa shape index (κ2) is 6.45. The van der Waals surface area contributed by atoms with Crippen molar-refractivity contribution in [3.05, 3.63) is 107 Å². The summed E-state index contributed by atoms with van der Waals surface area (Å²) in [5.74, 6) is -0.179. The van der Waals surface area contributed by atoms with Gasteiger partial charge in [-0.2, -0.15) is 0 Å². The van der Waals surface area contributed by atoms with Crippen LogP contribution in [0.4, 0.5) is 4.39 Å². The van der Waals surface area contributed by atoms with Crippen LogP contribution in [0.5, 0.6) is 0 Å². The zero-order valence-electron chi connectivity index (χ0n) is 14.5. The molecule has 0 bridgehead atoms. The van der Waals surface area contributed by atoms with Gasteiger partial charge >= 0.3 is 0 Å². The summed E-state index contributed by atoms with van der Waals surface area (Å²) >= 11 is 0. The van der Waals surface area contributed by atoms with Gasteiger partial charge in [-0.1, -0.05) is 66.7 Å². The van der Waals surface area contributed by atoms with Crippen LogP contribution >= 0.6 is 0 Å². The highest BCUT2D eigenvalue weighted by Crippen LogP contribution is 2.41. The molecule has 2 heteroatoms. The lowest BCUT2D eigenvalue weighted by atomic mass is 9.77. The summed E-state index contributed by atoms with van der Waals surface area (Å²) in [6.45, 7) is 4.03. The van der Waals surface area contributed by atoms with Crippen LogP contribution in [0.1, 0.15) is 29.2 Å². The molecule has 0 saturated carbocycles. The molecular weight excluding hydrogens is 309 g/mol. The average Bonchev–Trinajstić information content (AvgIpc) is 2.65. The van der Waals surface area contributed by atoms with Crippen molar-refractivity contribution in [3.63, 3.8) is 0 Å². The fourth-order valence-corrected chi connectivity index (χ4v) is 4.03. The number of hydrogen-bond donors (Lipinski definition) is 0. The van der Waals surface area contributed by atoms with Crippen LogP contribution in [0.25, 0.3) is 0 Å². The Morgan fingerprint density at radius 3 is 2.48 bits per heavy atom. The second-order valence-corrected chi connectivity index (χ2v) is 6.90. The van der Waals surface area contributed by atoms with Gasteiger partial charge in [-0.15, -0.1) is 0 Å². The predicted molar refractivity (Wildman–Crippen MR) is 99.9 cm³/mol. The summed E-state index contributed by atoms with van der Waals surface area (Å²) in [6, 6.07) is 26.1. The summed E-state index contributed by atoms with van der Waals surface area (Å²) in [6.07, 6.45) is 1.02. The maximum absolute atomic E-state index is 14.0. The first kappa shape index (κ1) is 16.0. The predicted octanol–water partition coefficient (Wildman–Crippen LogP) is 5.15. The molecule has 3 aromatic rings. The van der Waals surface area contributed by atoms with Gasteiger partial charge in [0.25, 0.3) is 0 Å². The first-order valence-corrected chi connectivity index (χ1v) is 8.81. The molecule has 25 heavy (non-hydrogen) atoms. The Morgan fingerprint density at radius 2 is 1.68 bits per heavy atom. The zero-order chi connectivity index (χ0) is 17.3. The number of halogens is 1. The number of rotatable bonds is 3. The van der Waals surface area contributed by atoms with Gasteiger partial charge in [-0.05, 0) is 47.7 Å². The third-order valence-corrected chi connectivity index (χ3v) is 5.43. The van der Waals surface area contributed by atoms with E-state index >= 15 is 0 Å². The van der Waals surface area contributed by atoms with Crippen LogP contribution in [0.15, 0.2) is 78.9 Å². The number of hydrogen-bond acceptors (Lipinski definition) is 1. The third-order valence-electron chi connectivity index (χ3n) is 5.43. The first-order valence-electron chi connectivity index (χ1n) is 8.81. The molecule has 0 aromatic heterocycles. The van der Waals surface area contributed by atoms with Crippen LogP contribution < -0.4 is 0 Å². The van der Waals surface area contributed by atoms with Gasteiger partial charge in [0.05, 0.1) is 5.54 Å². The molecule has 0 spiro atoms. The smallest absolute Gasteiger partial charge is 0.123 e. The van der Waals surface area contributed by atoms with E-state index in [4.69, 9.17) is 0 Å². The molecule has 1 aliphatic heterocycles. The zero-order valence-corrected chi connectivity index (χ0v) is 14.5. The Hall–Kier alpha value is -2.45. The van der Waals surface area contributed by atoms with Crippen molar-refractivity contribution in [1.82, 2.24) is 4.90 Å². The molecule has 4 rings (SSSR count). The Labute approximate surface area is 148 Å². The van der Waals surface area contributed by atoms with Crippen molar-refractivity contribution < 1.29 is 4.39 Å². The second-order valence-electron chi connectivity index (χ2n) is 6.90. The van der Waals surface area contributed by atoms with Crippen LogP contribution in [0.3, 0.4) is 0 Å². The van der Waals surface area contributed by atoms with E-state index in [-0.39, 0.29) is 11.4 Å². The lowest BCUT2D eigenvalue weighted by Gasteiger charge is -2.47. The molecule has 0 saturated heterocycles. The molecule has 0 aliphatic carbocycles. The van der Waals surface area contributed by atoms with E-state index in [1.807, 2.05) is 18.2 Å². The average molecular weight is 331 g/mol. The topological polar surface area (TPSA) is 3.24 Å². The fourth-order valence-electron chi connectivity index (χ4n) is 4.03. The highest BCUT2D eigenvalue weighted by Gasteiger charge is 2.40. The summed E-state index contributed by atoms with van der Waals surface area (Å²) in [5, 5.41) is 0. The van der Waals surface area contributed by atoms with E-state index in [1.165, 1.54) is 22.8 Å². The van der Waals surface area contributed by atoms with Gasteiger partial charge in [0.15, 0.2) is 0 Å². The van der Waals surface area contributed by atoms with E-state index in [0.29, 0.717) is 0 Å². The monoisotopic (exact) mass is 331 g/mol. The van der Waals surface area contributed by atoms with Crippen molar-refractivity contribution in [2.45, 2.75) is 25.4 Å². The molecule has 1 aliphatic rings. The quantitative estimate of drug-likeness (QED) is 0.642. The number of benzene rings is 3. The van der Waals surface area contributed by atoms with Crippen molar-refractivity contribution in [2.75, 3.05) is 6.54 Å². The maximum Gasteiger partial charge on any atom is 0.123 e. The molecule has 0 N–H and O–H groups in total. The molecule has 0 amide bonds. The van der Waals surface area contributed by atoms with E-state index in [1.54, 1.807) is 6.07 Å². The van der Waals surface area contributed by atoms with Crippen molar-refractivity contribution in [3.8, 4) is 0 Å². The summed E-state index contributed by atoms with van der Waals surface area (Å²) in [7, 11) is 0. The van der Waals surface area contributed by atoms with E-state index in [9.17, 15) is 4.39 Å². The van der Waals surface area contributed by atoms with Crippen molar-refractivity contribution >= 4 is 0 Å². The van der Waals surface area contributed by atoms with E-state index < -0.39 is 0 Å². The Kier molecular flexibility index (Phi) is 4.14. The minimum Gasteiger partial charge on any atom is -0.285 e. The largest absolute Gasteiger partial charge is 0.285 e. The highest BCUT2D eigenvalue weighted by molar-refractivity contribution is 5.44. The number of nitrogens with zero attached hydrogens (tertiary/aromatic N) is 1. The Balaban J connectivity index is 1.84. The van der Waals surface area contributed by atoms with E-state index in [2.05, 4.69) is 60.4 Å². The van der Waals surface area contributed by atoms with E-state index in [0.717, 1.165) is 25.1 Å². The fraction of sp³-hybridized carbons (Fsp3) is 0.217. The lowest BCUT2D eigenvalue weighted by Crippen LogP contribution is -2.49. The molecule has 1 nitrogen and oxygen atoms in total. The van der Waals surface area contributed by atoms with Crippen LogP contribution in [0.2, 0.25) is 0 Å². The van der Waals surface area contributed by atoms with Gasteiger partial charge in [0, 0.05) is 13.1 Å². The Bertz CT molecular complexity index is 874. The first-order chi connectivity index (χ1) is 12.2. The summed E-state index contributed by atoms with van der Waals surface area (Å²) < 4.78 is 14.0. The molecule has 1 atom stereocenters. The van der Waals surface area contributed by atoms with Gasteiger partial charge in [0.2, 0.25) is 0 Å². The minimum atomic E-state index is -0.340. The van der Waals surface area contributed by atoms with Crippen molar-refractivity contribution in [1.29, 1.82) is 0 Å². The van der Waals surface area contributed by atoms with Crippen LogP contribution in [-0.4, -0.2) is 11.4 Å². The molecule has 3 aromatic carbocycles. The minimum absolute atomic E-state index is 0.179. The number of fused-ring (bicyclic) bond motifs is 1. The van der Waals surface area contributed by atoms with Gasteiger partial charge < -0.3 is 0 Å². The summed E-state index contributed by atoms with van der Waals surface area (Å²) in [4.78, 5) is 2.47. The third kappa shape index (κ3) is 2.87. The molecule has 1 heterocycles. The van der Waals surface area contributed by atoms with Gasteiger partial charge in [-0.25, -0.2) is 4.39 Å².